The summed E-state index contributed by atoms with van der Waals surface area (Å²) in [5.41, 5.74) is 7.55. The molecule has 5 heteroatoms. The number of nitrogen functional groups attached to an aromatic ring is 1. The molecule has 0 aliphatic heterocycles. The first-order chi connectivity index (χ1) is 9.99. The molecule has 0 spiro atoms. The van der Waals surface area contributed by atoms with Crippen LogP contribution in [0.15, 0.2) is 42.5 Å². The molecule has 0 fully saturated rings. The van der Waals surface area contributed by atoms with Crippen LogP contribution in [0.25, 0.3) is 0 Å². The first-order valence-corrected chi connectivity index (χ1v) is 6.88. The van der Waals surface area contributed by atoms with E-state index in [1.54, 1.807) is 25.3 Å². The Morgan fingerprint density at radius 2 is 2.05 bits per heavy atom. The maximum Gasteiger partial charge on any atom is 0.251 e. The van der Waals surface area contributed by atoms with Crippen molar-refractivity contribution >= 4 is 23.2 Å². The van der Waals surface area contributed by atoms with Crippen LogP contribution in [0.3, 0.4) is 0 Å². The molecule has 0 radical (unpaired) electrons. The second kappa shape index (κ2) is 6.50. The minimum absolute atomic E-state index is 0.159. The number of carbonyl (C=O) groups excluding carboxylic acids is 1. The number of methoxy groups -OCH3 is 1. The molecule has 0 aliphatic rings. The molecule has 0 unspecified atom stereocenters. The molecule has 0 heterocycles. The first kappa shape index (κ1) is 15.2. The normalized spacial score (nSPS) is 11.8. The van der Waals surface area contributed by atoms with Crippen LogP contribution in [0, 0.1) is 0 Å². The SMILES string of the molecule is COc1cccc([C@@H](C)NC(=O)c2cc(N)cc(Cl)c2)c1. The highest BCUT2D eigenvalue weighted by molar-refractivity contribution is 6.31. The topological polar surface area (TPSA) is 64.3 Å². The van der Waals surface area contributed by atoms with Gasteiger partial charge >= 0.3 is 0 Å². The van der Waals surface area contributed by atoms with Gasteiger partial charge < -0.3 is 15.8 Å². The summed E-state index contributed by atoms with van der Waals surface area (Å²) in [7, 11) is 1.61. The van der Waals surface area contributed by atoms with E-state index in [-0.39, 0.29) is 11.9 Å². The second-order valence-electron chi connectivity index (χ2n) is 4.75. The van der Waals surface area contributed by atoms with Crippen molar-refractivity contribution in [3.8, 4) is 5.75 Å². The van der Waals surface area contributed by atoms with Crippen LogP contribution < -0.4 is 15.8 Å². The fourth-order valence-corrected chi connectivity index (χ4v) is 2.26. The highest BCUT2D eigenvalue weighted by atomic mass is 35.5. The number of anilines is 1. The molecule has 4 nitrogen and oxygen atoms in total. The van der Waals surface area contributed by atoms with Gasteiger partial charge in [-0.3, -0.25) is 4.79 Å². The van der Waals surface area contributed by atoms with Crippen molar-refractivity contribution in [3.63, 3.8) is 0 Å². The van der Waals surface area contributed by atoms with Gasteiger partial charge in [-0.15, -0.1) is 0 Å². The minimum Gasteiger partial charge on any atom is -0.497 e. The number of nitrogens with two attached hydrogens (primary N) is 1. The van der Waals surface area contributed by atoms with Crippen LogP contribution >= 0.6 is 11.6 Å². The molecule has 0 aromatic heterocycles. The van der Waals surface area contributed by atoms with Crippen LogP contribution in [-0.2, 0) is 0 Å². The number of carbonyl (C=O) groups is 1. The van der Waals surface area contributed by atoms with E-state index in [1.165, 1.54) is 0 Å². The van der Waals surface area contributed by atoms with E-state index in [1.807, 2.05) is 31.2 Å². The van der Waals surface area contributed by atoms with Gasteiger partial charge in [-0.1, -0.05) is 23.7 Å². The number of amides is 1. The van der Waals surface area contributed by atoms with Crippen molar-refractivity contribution in [1.82, 2.24) is 5.32 Å². The lowest BCUT2D eigenvalue weighted by atomic mass is 10.1. The lowest BCUT2D eigenvalue weighted by molar-refractivity contribution is 0.0940. The maximum absolute atomic E-state index is 12.2. The zero-order valence-corrected chi connectivity index (χ0v) is 12.6. The monoisotopic (exact) mass is 304 g/mol. The van der Waals surface area contributed by atoms with Crippen molar-refractivity contribution in [3.05, 3.63) is 58.6 Å². The van der Waals surface area contributed by atoms with E-state index in [0.29, 0.717) is 16.3 Å². The number of halogens is 1. The standard InChI is InChI=1S/C16H17ClN2O2/c1-10(11-4-3-5-15(8-11)21-2)19-16(20)12-6-13(17)9-14(18)7-12/h3-10H,18H2,1-2H3,(H,19,20)/t10-/m1/s1. The zero-order valence-electron chi connectivity index (χ0n) is 11.9. The second-order valence-corrected chi connectivity index (χ2v) is 5.18. The molecule has 0 bridgehead atoms. The van der Waals surface area contributed by atoms with Gasteiger partial charge in [0, 0.05) is 16.3 Å². The van der Waals surface area contributed by atoms with Crippen molar-refractivity contribution < 1.29 is 9.53 Å². The average Bonchev–Trinajstić information content (AvgIpc) is 2.46. The number of ether oxygens (including phenoxy) is 1. The lowest BCUT2D eigenvalue weighted by Gasteiger charge is -2.15. The summed E-state index contributed by atoms with van der Waals surface area (Å²) in [6, 6.07) is 12.2. The van der Waals surface area contributed by atoms with Crippen LogP contribution in [0.5, 0.6) is 5.75 Å². The van der Waals surface area contributed by atoms with Gasteiger partial charge in [-0.05, 0) is 42.8 Å². The van der Waals surface area contributed by atoms with Gasteiger partial charge in [-0.2, -0.15) is 0 Å². The van der Waals surface area contributed by atoms with Crippen LogP contribution in [-0.4, -0.2) is 13.0 Å². The van der Waals surface area contributed by atoms with Gasteiger partial charge in [0.2, 0.25) is 0 Å². The molecule has 3 N–H and O–H groups in total. The quantitative estimate of drug-likeness (QED) is 0.851. The highest BCUT2D eigenvalue weighted by Gasteiger charge is 2.13. The molecule has 110 valence electrons. The number of hydrogen-bond donors (Lipinski definition) is 2. The van der Waals surface area contributed by atoms with E-state index in [2.05, 4.69) is 5.32 Å². The van der Waals surface area contributed by atoms with Gasteiger partial charge in [0.25, 0.3) is 5.91 Å². The molecular formula is C16H17ClN2O2. The Labute approximate surface area is 128 Å². The summed E-state index contributed by atoms with van der Waals surface area (Å²) in [5.74, 6) is 0.528. The van der Waals surface area contributed by atoms with Gasteiger partial charge in [0.15, 0.2) is 0 Å². The van der Waals surface area contributed by atoms with Crippen LogP contribution in [0.1, 0.15) is 28.9 Å². The van der Waals surface area contributed by atoms with Gasteiger partial charge in [0.05, 0.1) is 13.2 Å². The molecular weight excluding hydrogens is 288 g/mol. The molecule has 0 saturated heterocycles. The van der Waals surface area contributed by atoms with E-state index in [9.17, 15) is 4.79 Å². The Bertz CT molecular complexity index is 638. The predicted molar refractivity (Wildman–Crippen MR) is 84.7 cm³/mol. The van der Waals surface area contributed by atoms with Gasteiger partial charge in [0.1, 0.15) is 5.75 Å². The fourth-order valence-electron chi connectivity index (χ4n) is 2.02. The van der Waals surface area contributed by atoms with Crippen LogP contribution in [0.2, 0.25) is 5.02 Å². The number of nitrogens with one attached hydrogen (secondary N) is 1. The zero-order chi connectivity index (χ0) is 15.4. The number of benzene rings is 2. The Balaban J connectivity index is 2.14. The van der Waals surface area contributed by atoms with E-state index < -0.39 is 0 Å². The smallest absolute Gasteiger partial charge is 0.251 e. The highest BCUT2D eigenvalue weighted by Crippen LogP contribution is 2.20. The molecule has 2 aromatic rings. The van der Waals surface area contributed by atoms with Crippen molar-refractivity contribution in [2.45, 2.75) is 13.0 Å². The average molecular weight is 305 g/mol. The molecule has 0 aliphatic carbocycles. The third-order valence-corrected chi connectivity index (χ3v) is 3.34. The lowest BCUT2D eigenvalue weighted by Crippen LogP contribution is -2.26. The predicted octanol–water partition coefficient (Wildman–Crippen LogP) is 3.42. The summed E-state index contributed by atoms with van der Waals surface area (Å²) in [6.07, 6.45) is 0. The minimum atomic E-state index is -0.223. The summed E-state index contributed by atoms with van der Waals surface area (Å²) in [5, 5.41) is 3.35. The molecule has 0 saturated carbocycles. The summed E-state index contributed by atoms with van der Waals surface area (Å²) >= 11 is 5.91. The number of rotatable bonds is 4. The Morgan fingerprint density at radius 3 is 2.71 bits per heavy atom. The first-order valence-electron chi connectivity index (χ1n) is 6.50. The van der Waals surface area contributed by atoms with E-state index in [4.69, 9.17) is 22.1 Å². The Morgan fingerprint density at radius 1 is 1.29 bits per heavy atom. The number of hydrogen-bond acceptors (Lipinski definition) is 3. The van der Waals surface area contributed by atoms with Gasteiger partial charge in [-0.25, -0.2) is 0 Å². The summed E-state index contributed by atoms with van der Waals surface area (Å²) in [6.45, 7) is 1.90. The summed E-state index contributed by atoms with van der Waals surface area (Å²) in [4.78, 5) is 12.2. The Hall–Kier alpha value is -2.20. The molecule has 1 atom stereocenters. The largest absolute Gasteiger partial charge is 0.497 e. The van der Waals surface area contributed by atoms with E-state index in [0.717, 1.165) is 11.3 Å². The molecule has 2 rings (SSSR count). The maximum atomic E-state index is 12.2. The fraction of sp³-hybridized carbons (Fsp3) is 0.188. The van der Waals surface area contributed by atoms with Crippen molar-refractivity contribution in [2.24, 2.45) is 0 Å². The molecule has 21 heavy (non-hydrogen) atoms. The van der Waals surface area contributed by atoms with Crippen molar-refractivity contribution in [1.29, 1.82) is 0 Å². The van der Waals surface area contributed by atoms with E-state index >= 15 is 0 Å². The summed E-state index contributed by atoms with van der Waals surface area (Å²) < 4.78 is 5.18. The van der Waals surface area contributed by atoms with Crippen LogP contribution in [0.4, 0.5) is 5.69 Å². The molecule has 1 amide bonds. The molecule has 2 aromatic carbocycles. The third-order valence-electron chi connectivity index (χ3n) is 3.12. The van der Waals surface area contributed by atoms with Crippen molar-refractivity contribution in [2.75, 3.05) is 12.8 Å². The Kier molecular flexibility index (Phi) is 4.70. The third kappa shape index (κ3) is 3.89.